The number of primary amides is 1. The van der Waals surface area contributed by atoms with Crippen molar-refractivity contribution in [1.29, 1.82) is 0 Å². The number of amides is 3. The van der Waals surface area contributed by atoms with Gasteiger partial charge >= 0.3 is 6.03 Å². The lowest BCUT2D eigenvalue weighted by atomic mass is 9.97. The Morgan fingerprint density at radius 1 is 1.41 bits per heavy atom. The Kier molecular flexibility index (Phi) is 5.38. The number of benzene rings is 1. The second-order valence-corrected chi connectivity index (χ2v) is 5.86. The fraction of sp³-hybridized carbons (Fsp3) is 0.500. The summed E-state index contributed by atoms with van der Waals surface area (Å²) in [6, 6.07) is 6.67. The van der Waals surface area contributed by atoms with Gasteiger partial charge in [-0.15, -0.1) is 0 Å². The van der Waals surface area contributed by atoms with Crippen molar-refractivity contribution in [3.8, 4) is 0 Å². The van der Waals surface area contributed by atoms with Crippen molar-refractivity contribution in [2.45, 2.75) is 38.3 Å². The van der Waals surface area contributed by atoms with E-state index >= 15 is 0 Å². The number of rotatable bonds is 4. The molecule has 6 heteroatoms. The topological polar surface area (TPSA) is 101 Å². The van der Waals surface area contributed by atoms with Gasteiger partial charge in [-0.05, 0) is 30.9 Å². The lowest BCUT2D eigenvalue weighted by Gasteiger charge is -2.32. The molecule has 1 aliphatic heterocycles. The minimum Gasteiger partial charge on any atom is -0.352 e. The highest BCUT2D eigenvalue weighted by Crippen LogP contribution is 2.22. The van der Waals surface area contributed by atoms with E-state index in [1.54, 1.807) is 4.90 Å². The number of piperidine rings is 1. The maximum atomic E-state index is 12.5. The molecule has 22 heavy (non-hydrogen) atoms. The number of nitrogens with one attached hydrogen (secondary N) is 1. The van der Waals surface area contributed by atoms with Crippen molar-refractivity contribution in [2.24, 2.45) is 11.5 Å². The van der Waals surface area contributed by atoms with Gasteiger partial charge in [-0.1, -0.05) is 24.3 Å². The Labute approximate surface area is 130 Å². The van der Waals surface area contributed by atoms with E-state index in [1.807, 2.05) is 31.2 Å². The number of nitrogens with two attached hydrogens (primary N) is 2. The van der Waals surface area contributed by atoms with Crippen LogP contribution in [0.25, 0.3) is 0 Å². The Bertz CT molecular complexity index is 547. The minimum absolute atomic E-state index is 0.00264. The van der Waals surface area contributed by atoms with Gasteiger partial charge in [0.1, 0.15) is 0 Å². The molecule has 0 spiro atoms. The molecule has 1 heterocycles. The largest absolute Gasteiger partial charge is 0.352 e. The zero-order valence-corrected chi connectivity index (χ0v) is 12.9. The van der Waals surface area contributed by atoms with E-state index in [-0.39, 0.29) is 18.4 Å². The molecule has 1 saturated heterocycles. The summed E-state index contributed by atoms with van der Waals surface area (Å²) in [5.74, 6) is -0.00264. The van der Waals surface area contributed by atoms with Gasteiger partial charge in [0.25, 0.3) is 0 Å². The fourth-order valence-electron chi connectivity index (χ4n) is 2.93. The van der Waals surface area contributed by atoms with Crippen molar-refractivity contribution in [3.05, 3.63) is 35.4 Å². The normalized spacial score (nSPS) is 19.5. The molecule has 2 unspecified atom stereocenters. The molecule has 1 aliphatic rings. The predicted molar refractivity (Wildman–Crippen MR) is 85.0 cm³/mol. The van der Waals surface area contributed by atoms with Gasteiger partial charge in [0, 0.05) is 19.1 Å². The maximum Gasteiger partial charge on any atom is 0.312 e. The zero-order chi connectivity index (χ0) is 16.1. The monoisotopic (exact) mass is 304 g/mol. The molecule has 0 bridgehead atoms. The van der Waals surface area contributed by atoms with E-state index < -0.39 is 12.1 Å². The van der Waals surface area contributed by atoms with Crippen LogP contribution < -0.4 is 16.8 Å². The molecule has 2 atom stereocenters. The Morgan fingerprint density at radius 2 is 2.14 bits per heavy atom. The van der Waals surface area contributed by atoms with Gasteiger partial charge < -0.3 is 21.7 Å². The van der Waals surface area contributed by atoms with Crippen LogP contribution in [0.2, 0.25) is 0 Å². The van der Waals surface area contributed by atoms with Crippen LogP contribution in [-0.4, -0.2) is 36.0 Å². The van der Waals surface area contributed by atoms with Gasteiger partial charge in [-0.3, -0.25) is 4.79 Å². The first-order chi connectivity index (χ1) is 10.5. The number of aryl methyl sites for hydroxylation is 1. The van der Waals surface area contributed by atoms with Gasteiger partial charge in [-0.2, -0.15) is 0 Å². The third-order valence-corrected chi connectivity index (χ3v) is 4.07. The summed E-state index contributed by atoms with van der Waals surface area (Å²) in [5, 5.41) is 2.68. The molecule has 1 aromatic rings. The van der Waals surface area contributed by atoms with Crippen molar-refractivity contribution >= 4 is 11.9 Å². The lowest BCUT2D eigenvalue weighted by molar-refractivity contribution is -0.132. The molecule has 0 aromatic heterocycles. The highest BCUT2D eigenvalue weighted by Gasteiger charge is 2.25. The van der Waals surface area contributed by atoms with Crippen LogP contribution in [0.1, 0.15) is 36.4 Å². The molecule has 6 nitrogen and oxygen atoms in total. The summed E-state index contributed by atoms with van der Waals surface area (Å²) in [4.78, 5) is 25.5. The Balaban J connectivity index is 2.11. The fourth-order valence-corrected chi connectivity index (χ4v) is 2.93. The summed E-state index contributed by atoms with van der Waals surface area (Å²) < 4.78 is 0. The highest BCUT2D eigenvalue weighted by molar-refractivity contribution is 5.79. The summed E-state index contributed by atoms with van der Waals surface area (Å²) in [5.41, 5.74) is 13.1. The average Bonchev–Trinajstić information content (AvgIpc) is 2.46. The Morgan fingerprint density at radius 3 is 2.77 bits per heavy atom. The molecular weight excluding hydrogens is 280 g/mol. The van der Waals surface area contributed by atoms with Gasteiger partial charge in [0.05, 0.1) is 12.5 Å². The number of urea groups is 1. The van der Waals surface area contributed by atoms with Crippen LogP contribution in [0.15, 0.2) is 24.3 Å². The third-order valence-electron chi connectivity index (χ3n) is 4.07. The van der Waals surface area contributed by atoms with Crippen molar-refractivity contribution < 1.29 is 9.59 Å². The molecular formula is C16H24N4O2. The minimum atomic E-state index is -0.628. The summed E-state index contributed by atoms with van der Waals surface area (Å²) >= 11 is 0. The van der Waals surface area contributed by atoms with E-state index in [0.29, 0.717) is 6.54 Å². The van der Waals surface area contributed by atoms with E-state index in [4.69, 9.17) is 11.5 Å². The zero-order valence-electron chi connectivity index (χ0n) is 12.9. The molecule has 1 fully saturated rings. The molecule has 2 rings (SSSR count). The number of hydrogen-bond acceptors (Lipinski definition) is 3. The van der Waals surface area contributed by atoms with Crippen LogP contribution in [0, 0.1) is 6.92 Å². The number of carbonyl (C=O) groups is 2. The highest BCUT2D eigenvalue weighted by atomic mass is 16.2. The van der Waals surface area contributed by atoms with Gasteiger partial charge in [-0.25, -0.2) is 4.79 Å². The molecule has 5 N–H and O–H groups in total. The number of carbonyl (C=O) groups excluding carboxylic acids is 2. The number of hydrogen-bond donors (Lipinski definition) is 3. The second-order valence-electron chi connectivity index (χ2n) is 5.86. The number of likely N-dealkylation sites (tertiary alicyclic amines) is 1. The first-order valence-electron chi connectivity index (χ1n) is 7.62. The first-order valence-corrected chi connectivity index (χ1v) is 7.62. The standard InChI is InChI=1S/C16H24N4O2/c1-11-5-2-3-7-13(11)14(19-16(18)22)9-15(21)20-8-4-6-12(17)10-20/h2-3,5,7,12,14H,4,6,8-10,17H2,1H3,(H3,18,19,22). The second kappa shape index (κ2) is 7.26. The van der Waals surface area contributed by atoms with Crippen molar-refractivity contribution in [3.63, 3.8) is 0 Å². The van der Waals surface area contributed by atoms with Crippen LogP contribution in [0.3, 0.4) is 0 Å². The molecule has 0 radical (unpaired) electrons. The molecule has 0 aliphatic carbocycles. The predicted octanol–water partition coefficient (Wildman–Crippen LogP) is 1.04. The van der Waals surface area contributed by atoms with Crippen molar-refractivity contribution in [2.75, 3.05) is 13.1 Å². The van der Waals surface area contributed by atoms with Crippen LogP contribution >= 0.6 is 0 Å². The summed E-state index contributed by atoms with van der Waals surface area (Å²) in [6.07, 6.45) is 2.07. The van der Waals surface area contributed by atoms with Crippen LogP contribution in [-0.2, 0) is 4.79 Å². The molecule has 3 amide bonds. The molecule has 0 saturated carbocycles. The maximum absolute atomic E-state index is 12.5. The quantitative estimate of drug-likeness (QED) is 0.774. The van der Waals surface area contributed by atoms with Crippen molar-refractivity contribution in [1.82, 2.24) is 10.2 Å². The van der Waals surface area contributed by atoms with Crippen LogP contribution in [0.4, 0.5) is 4.79 Å². The SMILES string of the molecule is Cc1ccccc1C(CC(=O)N1CCCC(N)C1)NC(N)=O. The first kappa shape index (κ1) is 16.3. The average molecular weight is 304 g/mol. The van der Waals surface area contributed by atoms with Gasteiger partial charge in [0.15, 0.2) is 0 Å². The summed E-state index contributed by atoms with van der Waals surface area (Å²) in [6.45, 7) is 3.26. The third kappa shape index (κ3) is 4.21. The van der Waals surface area contributed by atoms with E-state index in [9.17, 15) is 9.59 Å². The van der Waals surface area contributed by atoms with E-state index in [0.717, 1.165) is 30.5 Å². The molecule has 1 aromatic carbocycles. The smallest absolute Gasteiger partial charge is 0.312 e. The summed E-state index contributed by atoms with van der Waals surface area (Å²) in [7, 11) is 0. The van der Waals surface area contributed by atoms with E-state index in [1.165, 1.54) is 0 Å². The molecule has 120 valence electrons. The van der Waals surface area contributed by atoms with E-state index in [2.05, 4.69) is 5.32 Å². The Hall–Kier alpha value is -2.08. The van der Waals surface area contributed by atoms with Gasteiger partial charge in [0.2, 0.25) is 5.91 Å². The van der Waals surface area contributed by atoms with Crippen LogP contribution in [0.5, 0.6) is 0 Å². The lowest BCUT2D eigenvalue weighted by Crippen LogP contribution is -2.47. The number of nitrogens with zero attached hydrogens (tertiary/aromatic N) is 1.